The van der Waals surface area contributed by atoms with Crippen molar-refractivity contribution < 1.29 is 18.9 Å². The van der Waals surface area contributed by atoms with E-state index >= 15 is 0 Å². The number of non-ortho nitro benzene ring substituents is 1. The van der Waals surface area contributed by atoms with Gasteiger partial charge in [-0.05, 0) is 31.2 Å². The van der Waals surface area contributed by atoms with Gasteiger partial charge in [-0.25, -0.2) is 0 Å². The zero-order chi connectivity index (χ0) is 18.3. The van der Waals surface area contributed by atoms with E-state index in [1.807, 2.05) is 13.0 Å². The first-order valence-electron chi connectivity index (χ1n) is 7.91. The van der Waals surface area contributed by atoms with Crippen molar-refractivity contribution in [3.8, 4) is 17.1 Å². The van der Waals surface area contributed by atoms with Gasteiger partial charge in [0.1, 0.15) is 17.3 Å². The van der Waals surface area contributed by atoms with Crippen LogP contribution >= 0.6 is 0 Å². The monoisotopic (exact) mass is 347 g/mol. The number of rotatable bonds is 3. The van der Waals surface area contributed by atoms with Crippen molar-refractivity contribution in [2.75, 3.05) is 0 Å². The molecule has 0 saturated carbocycles. The number of allylic oxidation sites excluding steroid dienone is 1. The van der Waals surface area contributed by atoms with E-state index in [-0.39, 0.29) is 17.2 Å². The highest BCUT2D eigenvalue weighted by Gasteiger charge is 2.27. The number of benzene rings is 2. The molecule has 0 atom stereocenters. The van der Waals surface area contributed by atoms with E-state index in [1.165, 1.54) is 18.2 Å². The minimum absolute atomic E-state index is 0.0149. The lowest BCUT2D eigenvalue weighted by molar-refractivity contribution is -0.384. The smallest absolute Gasteiger partial charge is 0.270 e. The molecule has 6 heteroatoms. The highest BCUT2D eigenvalue weighted by atomic mass is 16.6. The molecule has 6 nitrogen and oxygen atoms in total. The lowest BCUT2D eigenvalue weighted by Crippen LogP contribution is -1.97. The van der Waals surface area contributed by atoms with Gasteiger partial charge in [-0.2, -0.15) is 0 Å². The van der Waals surface area contributed by atoms with Gasteiger partial charge < -0.3 is 9.15 Å². The normalized spacial score (nSPS) is 14.3. The predicted molar refractivity (Wildman–Crippen MR) is 94.9 cm³/mol. The minimum Gasteiger partial charge on any atom is -0.457 e. The van der Waals surface area contributed by atoms with Gasteiger partial charge in [0.25, 0.3) is 5.69 Å². The number of fused-ring (bicyclic) bond motifs is 1. The third kappa shape index (κ3) is 2.77. The maximum atomic E-state index is 12.4. The van der Waals surface area contributed by atoms with Crippen molar-refractivity contribution in [3.63, 3.8) is 0 Å². The molecule has 1 aliphatic rings. The number of ether oxygens (including phenoxy) is 1. The average molecular weight is 347 g/mol. The van der Waals surface area contributed by atoms with E-state index in [9.17, 15) is 14.9 Å². The van der Waals surface area contributed by atoms with Crippen LogP contribution in [0.25, 0.3) is 17.4 Å². The molecule has 0 radical (unpaired) electrons. The Balaban J connectivity index is 1.64. The summed E-state index contributed by atoms with van der Waals surface area (Å²) in [5.41, 5.74) is 2.08. The van der Waals surface area contributed by atoms with Gasteiger partial charge in [0.05, 0.1) is 10.5 Å². The Morgan fingerprint density at radius 2 is 1.92 bits per heavy atom. The number of furan rings is 1. The SMILES string of the molecule is Cc1ccc2c(c1)C(=O)C(=Cc1ccc(-c3cccc([N+](=O)[O-])c3)o1)O2. The lowest BCUT2D eigenvalue weighted by Gasteiger charge is -1.98. The zero-order valence-corrected chi connectivity index (χ0v) is 13.8. The van der Waals surface area contributed by atoms with Crippen LogP contribution in [0.4, 0.5) is 5.69 Å². The van der Waals surface area contributed by atoms with E-state index in [4.69, 9.17) is 9.15 Å². The number of hydrogen-bond donors (Lipinski definition) is 0. The van der Waals surface area contributed by atoms with Crippen molar-refractivity contribution in [1.82, 2.24) is 0 Å². The molecule has 0 saturated heterocycles. The molecule has 128 valence electrons. The lowest BCUT2D eigenvalue weighted by atomic mass is 10.1. The topological polar surface area (TPSA) is 82.6 Å². The standard InChI is InChI=1S/C20H13NO5/c1-12-5-7-18-16(9-12)20(22)19(26-18)11-15-6-8-17(25-15)13-3-2-4-14(10-13)21(23)24/h2-11H,1H3. The molecule has 1 aliphatic heterocycles. The third-order valence-corrected chi connectivity index (χ3v) is 4.07. The summed E-state index contributed by atoms with van der Waals surface area (Å²) in [7, 11) is 0. The molecular weight excluding hydrogens is 334 g/mol. The van der Waals surface area contributed by atoms with Crippen molar-refractivity contribution in [3.05, 3.63) is 87.4 Å². The summed E-state index contributed by atoms with van der Waals surface area (Å²) in [6, 6.07) is 15.0. The Morgan fingerprint density at radius 1 is 1.08 bits per heavy atom. The number of aryl methyl sites for hydroxylation is 1. The summed E-state index contributed by atoms with van der Waals surface area (Å²) >= 11 is 0. The molecule has 0 N–H and O–H groups in total. The number of hydrogen-bond acceptors (Lipinski definition) is 5. The Bertz CT molecular complexity index is 1080. The van der Waals surface area contributed by atoms with E-state index in [1.54, 1.807) is 36.4 Å². The molecule has 0 unspecified atom stereocenters. The molecule has 2 aromatic carbocycles. The maximum absolute atomic E-state index is 12.4. The number of carbonyl (C=O) groups is 1. The van der Waals surface area contributed by atoms with Crippen LogP contribution in [0.5, 0.6) is 5.75 Å². The molecule has 4 rings (SSSR count). The van der Waals surface area contributed by atoms with Crippen LogP contribution in [-0.2, 0) is 0 Å². The molecule has 2 heterocycles. The van der Waals surface area contributed by atoms with Gasteiger partial charge >= 0.3 is 0 Å². The zero-order valence-electron chi connectivity index (χ0n) is 13.8. The minimum atomic E-state index is -0.459. The summed E-state index contributed by atoms with van der Waals surface area (Å²) in [6.07, 6.45) is 1.53. The Hall–Kier alpha value is -3.67. The highest BCUT2D eigenvalue weighted by molar-refractivity contribution is 6.14. The van der Waals surface area contributed by atoms with Gasteiger partial charge in [0.2, 0.25) is 5.78 Å². The quantitative estimate of drug-likeness (QED) is 0.387. The van der Waals surface area contributed by atoms with Gasteiger partial charge in [0, 0.05) is 23.8 Å². The Labute approximate surface area is 148 Å². The number of nitrogens with zero attached hydrogens (tertiary/aromatic N) is 1. The fraction of sp³-hybridized carbons (Fsp3) is 0.0500. The van der Waals surface area contributed by atoms with Gasteiger partial charge in [-0.3, -0.25) is 14.9 Å². The number of nitro groups is 1. The summed E-state index contributed by atoms with van der Waals surface area (Å²) < 4.78 is 11.3. The number of carbonyl (C=O) groups excluding carboxylic acids is 1. The van der Waals surface area contributed by atoms with Gasteiger partial charge in [0.15, 0.2) is 5.76 Å². The van der Waals surface area contributed by atoms with Crippen LogP contribution in [0.1, 0.15) is 21.7 Å². The molecule has 3 aromatic rings. The average Bonchev–Trinajstić information content (AvgIpc) is 3.21. The van der Waals surface area contributed by atoms with Crippen LogP contribution < -0.4 is 4.74 Å². The number of ketones is 1. The van der Waals surface area contributed by atoms with Crippen LogP contribution in [-0.4, -0.2) is 10.7 Å². The van der Waals surface area contributed by atoms with E-state index in [0.29, 0.717) is 28.4 Å². The first-order valence-corrected chi connectivity index (χ1v) is 7.91. The first-order chi connectivity index (χ1) is 12.5. The van der Waals surface area contributed by atoms with Crippen LogP contribution in [0.3, 0.4) is 0 Å². The second-order valence-electron chi connectivity index (χ2n) is 5.95. The molecule has 1 aromatic heterocycles. The summed E-state index contributed by atoms with van der Waals surface area (Å²) in [5, 5.41) is 10.9. The maximum Gasteiger partial charge on any atom is 0.270 e. The molecule has 0 bridgehead atoms. The van der Waals surface area contributed by atoms with Crippen molar-refractivity contribution in [1.29, 1.82) is 0 Å². The Kier molecular flexibility index (Phi) is 3.65. The number of nitro benzene ring substituents is 1. The van der Waals surface area contributed by atoms with Gasteiger partial charge in [-0.1, -0.05) is 23.8 Å². The van der Waals surface area contributed by atoms with Crippen molar-refractivity contribution >= 4 is 17.5 Å². The summed E-state index contributed by atoms with van der Waals surface area (Å²) in [6.45, 7) is 1.91. The first kappa shape index (κ1) is 15.8. The molecule has 0 amide bonds. The van der Waals surface area contributed by atoms with E-state index < -0.39 is 4.92 Å². The molecule has 0 spiro atoms. The van der Waals surface area contributed by atoms with E-state index in [2.05, 4.69) is 0 Å². The van der Waals surface area contributed by atoms with Crippen molar-refractivity contribution in [2.24, 2.45) is 0 Å². The summed E-state index contributed by atoms with van der Waals surface area (Å²) in [4.78, 5) is 22.9. The molecule has 26 heavy (non-hydrogen) atoms. The molecule has 0 aliphatic carbocycles. The Morgan fingerprint density at radius 3 is 2.73 bits per heavy atom. The van der Waals surface area contributed by atoms with E-state index in [0.717, 1.165) is 5.56 Å². The summed E-state index contributed by atoms with van der Waals surface area (Å²) in [5.74, 6) is 1.42. The fourth-order valence-corrected chi connectivity index (χ4v) is 2.79. The van der Waals surface area contributed by atoms with Crippen LogP contribution in [0.2, 0.25) is 0 Å². The second-order valence-corrected chi connectivity index (χ2v) is 5.95. The van der Waals surface area contributed by atoms with Crippen LogP contribution in [0.15, 0.2) is 64.8 Å². The molecule has 0 fully saturated rings. The van der Waals surface area contributed by atoms with Gasteiger partial charge in [-0.15, -0.1) is 0 Å². The largest absolute Gasteiger partial charge is 0.457 e. The highest BCUT2D eigenvalue weighted by Crippen LogP contribution is 2.33. The number of Topliss-reactive ketones (excluding diaryl/α,β-unsaturated/α-hetero) is 1. The predicted octanol–water partition coefficient (Wildman–Crippen LogP) is 4.78. The second kappa shape index (κ2) is 6.00. The van der Waals surface area contributed by atoms with Crippen molar-refractivity contribution in [2.45, 2.75) is 6.92 Å². The fourth-order valence-electron chi connectivity index (χ4n) is 2.79. The third-order valence-electron chi connectivity index (χ3n) is 4.07. The van der Waals surface area contributed by atoms with Crippen LogP contribution in [0, 0.1) is 17.0 Å². The molecular formula is C20H13NO5.